The van der Waals surface area contributed by atoms with Gasteiger partial charge in [0.05, 0.1) is 5.41 Å². The molecule has 0 N–H and O–H groups in total. The molecule has 0 aliphatic heterocycles. The maximum Gasteiger partial charge on any atom is 0.0713 e. The number of fused-ring (bicyclic) bond motifs is 3. The lowest BCUT2D eigenvalue weighted by molar-refractivity contribution is 0.769. The monoisotopic (exact) mass is 639 g/mol. The molecule has 0 radical (unpaired) electrons. The van der Waals surface area contributed by atoms with E-state index < -0.39 is 5.41 Å². The van der Waals surface area contributed by atoms with Crippen molar-refractivity contribution in [1.29, 1.82) is 0 Å². The molecule has 7 aromatic rings. The summed E-state index contributed by atoms with van der Waals surface area (Å²) in [5.41, 5.74) is 13.0. The van der Waals surface area contributed by atoms with Crippen LogP contribution in [0.2, 0.25) is 0 Å². The van der Waals surface area contributed by atoms with E-state index in [1.165, 1.54) is 44.5 Å². The Hall–Kier alpha value is -5.18. The summed E-state index contributed by atoms with van der Waals surface area (Å²) in [5.74, 6) is 0. The molecule has 0 aromatic heterocycles. The summed E-state index contributed by atoms with van der Waals surface area (Å²) in [6, 6.07) is 66.0. The normalized spacial score (nSPS) is 12.7. The van der Waals surface area contributed by atoms with Gasteiger partial charge in [0.2, 0.25) is 0 Å². The van der Waals surface area contributed by atoms with Gasteiger partial charge < -0.3 is 4.90 Å². The summed E-state index contributed by atoms with van der Waals surface area (Å²) in [7, 11) is 0. The Morgan fingerprint density at radius 1 is 0.378 bits per heavy atom. The number of hydrogen-bond donors (Lipinski definition) is 0. The van der Waals surface area contributed by atoms with Gasteiger partial charge in [-0.1, -0.05) is 143 Å². The first-order valence-electron chi connectivity index (χ1n) is 15.3. The van der Waals surface area contributed by atoms with Crippen molar-refractivity contribution in [3.05, 3.63) is 209 Å². The van der Waals surface area contributed by atoms with Gasteiger partial charge in [0.1, 0.15) is 0 Å². The molecule has 1 nitrogen and oxygen atoms in total. The van der Waals surface area contributed by atoms with Crippen LogP contribution < -0.4 is 4.90 Å². The fourth-order valence-corrected chi connectivity index (χ4v) is 7.31. The van der Waals surface area contributed by atoms with Crippen molar-refractivity contribution in [1.82, 2.24) is 0 Å². The number of rotatable bonds is 6. The van der Waals surface area contributed by atoms with Crippen LogP contribution in [0.4, 0.5) is 17.1 Å². The number of benzene rings is 7. The maximum atomic E-state index is 3.61. The minimum atomic E-state index is -0.471. The summed E-state index contributed by atoms with van der Waals surface area (Å²) < 4.78 is 1.08. The number of anilines is 3. The first-order valence-corrected chi connectivity index (χ1v) is 16.1. The van der Waals surface area contributed by atoms with Crippen molar-refractivity contribution in [3.8, 4) is 22.3 Å². The Kier molecular flexibility index (Phi) is 6.93. The molecule has 0 bridgehead atoms. The van der Waals surface area contributed by atoms with Gasteiger partial charge in [0.25, 0.3) is 0 Å². The molecular weight excluding hydrogens is 610 g/mol. The molecule has 0 atom stereocenters. The summed E-state index contributed by atoms with van der Waals surface area (Å²) in [6.45, 7) is 0. The highest BCUT2D eigenvalue weighted by atomic mass is 79.9. The largest absolute Gasteiger partial charge is 0.310 e. The van der Waals surface area contributed by atoms with Gasteiger partial charge in [0, 0.05) is 21.5 Å². The second-order valence-corrected chi connectivity index (χ2v) is 12.4. The summed E-state index contributed by atoms with van der Waals surface area (Å²) in [4.78, 5) is 2.35. The quantitative estimate of drug-likeness (QED) is 0.175. The van der Waals surface area contributed by atoms with Crippen LogP contribution in [0.15, 0.2) is 186 Å². The number of nitrogens with zero attached hydrogens (tertiary/aromatic N) is 1. The molecule has 0 saturated heterocycles. The summed E-state index contributed by atoms with van der Waals surface area (Å²) in [5, 5.41) is 0. The van der Waals surface area contributed by atoms with Gasteiger partial charge in [0.15, 0.2) is 0 Å². The second kappa shape index (κ2) is 11.4. The highest BCUT2D eigenvalue weighted by Crippen LogP contribution is 2.57. The van der Waals surface area contributed by atoms with Gasteiger partial charge in [-0.25, -0.2) is 0 Å². The van der Waals surface area contributed by atoms with Crippen LogP contribution in [-0.4, -0.2) is 0 Å². The standard InChI is InChI=1S/C43H30BrN/c44-35-24-21-31(22-25-35)32-23-27-39-40-30-38(45(36-17-9-3-10-18-36)37-19-11-4-12-20-37)26-28-41(40)43(42(39)29-32,33-13-5-1-6-14-33)34-15-7-2-8-16-34/h1-30H. The summed E-state index contributed by atoms with van der Waals surface area (Å²) >= 11 is 3.61. The molecule has 1 aliphatic carbocycles. The van der Waals surface area contributed by atoms with Gasteiger partial charge in [-0.05, 0) is 99.1 Å². The molecule has 2 heteroatoms. The van der Waals surface area contributed by atoms with Crippen molar-refractivity contribution in [2.24, 2.45) is 0 Å². The van der Waals surface area contributed by atoms with Crippen LogP contribution in [0, 0.1) is 0 Å². The molecule has 214 valence electrons. The molecule has 0 spiro atoms. The van der Waals surface area contributed by atoms with E-state index in [1.807, 2.05) is 0 Å². The van der Waals surface area contributed by atoms with Gasteiger partial charge in [-0.15, -0.1) is 0 Å². The minimum Gasteiger partial charge on any atom is -0.310 e. The average Bonchev–Trinajstić information content (AvgIpc) is 3.40. The van der Waals surface area contributed by atoms with Crippen LogP contribution >= 0.6 is 15.9 Å². The topological polar surface area (TPSA) is 3.24 Å². The third-order valence-electron chi connectivity index (χ3n) is 9.00. The molecule has 1 aliphatic rings. The van der Waals surface area contributed by atoms with Gasteiger partial charge in [-0.2, -0.15) is 0 Å². The molecule has 0 fully saturated rings. The molecule has 0 amide bonds. The van der Waals surface area contributed by atoms with Crippen molar-refractivity contribution in [2.45, 2.75) is 5.41 Å². The zero-order valence-electron chi connectivity index (χ0n) is 24.6. The molecule has 0 heterocycles. The van der Waals surface area contributed by atoms with Crippen LogP contribution in [0.25, 0.3) is 22.3 Å². The summed E-state index contributed by atoms with van der Waals surface area (Å²) in [6.07, 6.45) is 0. The van der Waals surface area contributed by atoms with E-state index in [4.69, 9.17) is 0 Å². The molecule has 45 heavy (non-hydrogen) atoms. The fourth-order valence-electron chi connectivity index (χ4n) is 7.04. The molecule has 8 rings (SSSR count). The maximum absolute atomic E-state index is 3.61. The zero-order valence-corrected chi connectivity index (χ0v) is 26.2. The van der Waals surface area contributed by atoms with E-state index in [0.717, 1.165) is 21.5 Å². The van der Waals surface area contributed by atoms with E-state index in [0.29, 0.717) is 0 Å². The zero-order chi connectivity index (χ0) is 30.2. The second-order valence-electron chi connectivity index (χ2n) is 11.5. The van der Waals surface area contributed by atoms with Crippen LogP contribution in [0.1, 0.15) is 22.3 Å². The molecule has 0 unspecified atom stereocenters. The first-order chi connectivity index (χ1) is 22.2. The number of hydrogen-bond acceptors (Lipinski definition) is 1. The van der Waals surface area contributed by atoms with Crippen LogP contribution in [-0.2, 0) is 5.41 Å². The molecular formula is C43H30BrN. The van der Waals surface area contributed by atoms with E-state index in [2.05, 4.69) is 203 Å². The van der Waals surface area contributed by atoms with Crippen molar-refractivity contribution in [2.75, 3.05) is 4.90 Å². The SMILES string of the molecule is Brc1ccc(-c2ccc3c(c2)C(c2ccccc2)(c2ccccc2)c2ccc(N(c4ccccc4)c4ccccc4)cc2-3)cc1. The van der Waals surface area contributed by atoms with Crippen molar-refractivity contribution < 1.29 is 0 Å². The predicted molar refractivity (Wildman–Crippen MR) is 192 cm³/mol. The van der Waals surface area contributed by atoms with E-state index in [1.54, 1.807) is 0 Å². The number of para-hydroxylation sites is 2. The third-order valence-corrected chi connectivity index (χ3v) is 9.53. The Bertz CT molecular complexity index is 2010. The molecule has 0 saturated carbocycles. The van der Waals surface area contributed by atoms with Crippen LogP contribution in [0.5, 0.6) is 0 Å². The Labute approximate surface area is 273 Å². The predicted octanol–water partition coefficient (Wildman–Crippen LogP) is 11.9. The van der Waals surface area contributed by atoms with Crippen molar-refractivity contribution >= 4 is 33.0 Å². The lowest BCUT2D eigenvalue weighted by atomic mass is 9.67. The fraction of sp³-hybridized carbons (Fsp3) is 0.0233. The Balaban J connectivity index is 1.42. The minimum absolute atomic E-state index is 0.471. The average molecular weight is 641 g/mol. The van der Waals surface area contributed by atoms with E-state index in [9.17, 15) is 0 Å². The lowest BCUT2D eigenvalue weighted by Gasteiger charge is -2.34. The lowest BCUT2D eigenvalue weighted by Crippen LogP contribution is -2.28. The van der Waals surface area contributed by atoms with Crippen LogP contribution in [0.3, 0.4) is 0 Å². The highest BCUT2D eigenvalue weighted by molar-refractivity contribution is 9.10. The molecule has 7 aromatic carbocycles. The third kappa shape index (κ3) is 4.61. The number of halogens is 1. The van der Waals surface area contributed by atoms with E-state index >= 15 is 0 Å². The Morgan fingerprint density at radius 2 is 0.889 bits per heavy atom. The highest BCUT2D eigenvalue weighted by Gasteiger charge is 2.46. The Morgan fingerprint density at radius 3 is 1.44 bits per heavy atom. The smallest absolute Gasteiger partial charge is 0.0713 e. The van der Waals surface area contributed by atoms with Gasteiger partial charge in [-0.3, -0.25) is 0 Å². The first kappa shape index (κ1) is 27.4. The van der Waals surface area contributed by atoms with Crippen molar-refractivity contribution in [3.63, 3.8) is 0 Å². The van der Waals surface area contributed by atoms with E-state index in [-0.39, 0.29) is 0 Å². The van der Waals surface area contributed by atoms with Gasteiger partial charge >= 0.3 is 0 Å².